The monoisotopic (exact) mass is 295 g/mol. The van der Waals surface area contributed by atoms with Crippen molar-refractivity contribution in [3.63, 3.8) is 0 Å². The van der Waals surface area contributed by atoms with Crippen molar-refractivity contribution in [3.05, 3.63) is 29.8 Å². The predicted molar refractivity (Wildman–Crippen MR) is 81.5 cm³/mol. The average Bonchev–Trinajstić information content (AvgIpc) is 2.47. The Labute approximate surface area is 125 Å². The van der Waals surface area contributed by atoms with Crippen LogP contribution in [-0.4, -0.2) is 24.4 Å². The normalized spacial score (nSPS) is 22.3. The number of alkyl halides is 1. The SMILES string of the molecule is CCOc1ccc(C(=O)NCC2CCCCC2Cl)cc1. The summed E-state index contributed by atoms with van der Waals surface area (Å²) in [5.74, 6) is 1.15. The van der Waals surface area contributed by atoms with Gasteiger partial charge >= 0.3 is 0 Å². The van der Waals surface area contributed by atoms with Crippen molar-refractivity contribution in [2.45, 2.75) is 38.0 Å². The maximum absolute atomic E-state index is 12.1. The Morgan fingerprint density at radius 2 is 2.00 bits per heavy atom. The second kappa shape index (κ2) is 7.53. The highest BCUT2D eigenvalue weighted by Crippen LogP contribution is 2.28. The molecule has 1 amide bonds. The van der Waals surface area contributed by atoms with Crippen molar-refractivity contribution in [1.29, 1.82) is 0 Å². The molecule has 4 heteroatoms. The number of nitrogens with one attached hydrogen (secondary N) is 1. The van der Waals surface area contributed by atoms with Gasteiger partial charge in [0.15, 0.2) is 0 Å². The van der Waals surface area contributed by atoms with Gasteiger partial charge in [0.2, 0.25) is 0 Å². The van der Waals surface area contributed by atoms with E-state index in [0.29, 0.717) is 24.6 Å². The third kappa shape index (κ3) is 4.14. The Hall–Kier alpha value is -1.22. The molecule has 1 saturated carbocycles. The van der Waals surface area contributed by atoms with Crippen LogP contribution in [0.25, 0.3) is 0 Å². The molecule has 1 aliphatic rings. The van der Waals surface area contributed by atoms with E-state index in [9.17, 15) is 4.79 Å². The van der Waals surface area contributed by atoms with Gasteiger partial charge in [-0.3, -0.25) is 4.79 Å². The molecule has 0 saturated heterocycles. The fourth-order valence-corrected chi connectivity index (χ4v) is 2.96. The number of rotatable bonds is 5. The summed E-state index contributed by atoms with van der Waals surface area (Å²) in [6.45, 7) is 3.23. The van der Waals surface area contributed by atoms with Gasteiger partial charge in [-0.05, 0) is 49.9 Å². The molecular formula is C16H22ClNO2. The quantitative estimate of drug-likeness (QED) is 0.843. The van der Waals surface area contributed by atoms with Gasteiger partial charge in [-0.2, -0.15) is 0 Å². The third-order valence-electron chi connectivity index (χ3n) is 3.77. The van der Waals surface area contributed by atoms with Crippen LogP contribution in [0.3, 0.4) is 0 Å². The minimum atomic E-state index is -0.0394. The first-order chi connectivity index (χ1) is 9.70. The lowest BCUT2D eigenvalue weighted by atomic mass is 9.88. The summed E-state index contributed by atoms with van der Waals surface area (Å²) in [6, 6.07) is 7.23. The largest absolute Gasteiger partial charge is 0.494 e. The number of hydrogen-bond donors (Lipinski definition) is 1. The Kier molecular flexibility index (Phi) is 5.72. The van der Waals surface area contributed by atoms with Gasteiger partial charge in [-0.15, -0.1) is 11.6 Å². The Balaban J connectivity index is 1.84. The maximum Gasteiger partial charge on any atom is 0.251 e. The Morgan fingerprint density at radius 1 is 1.30 bits per heavy atom. The van der Waals surface area contributed by atoms with Crippen LogP contribution in [0.2, 0.25) is 0 Å². The number of halogens is 1. The molecule has 1 aromatic rings. The molecule has 0 bridgehead atoms. The lowest BCUT2D eigenvalue weighted by Crippen LogP contribution is -2.34. The van der Waals surface area contributed by atoms with Crippen LogP contribution < -0.4 is 10.1 Å². The summed E-state index contributed by atoms with van der Waals surface area (Å²) >= 11 is 6.30. The summed E-state index contributed by atoms with van der Waals surface area (Å²) in [5.41, 5.74) is 0.662. The highest BCUT2D eigenvalue weighted by Gasteiger charge is 2.23. The standard InChI is InChI=1S/C16H22ClNO2/c1-2-20-14-9-7-12(8-10-14)16(19)18-11-13-5-3-4-6-15(13)17/h7-10,13,15H,2-6,11H2,1H3,(H,18,19). The number of ether oxygens (including phenoxy) is 1. The summed E-state index contributed by atoms with van der Waals surface area (Å²) in [5, 5.41) is 3.18. The number of amides is 1. The molecule has 3 nitrogen and oxygen atoms in total. The number of hydrogen-bond acceptors (Lipinski definition) is 2. The van der Waals surface area contributed by atoms with Crippen LogP contribution in [0, 0.1) is 5.92 Å². The smallest absolute Gasteiger partial charge is 0.251 e. The van der Waals surface area contributed by atoms with E-state index in [0.717, 1.165) is 18.6 Å². The number of carbonyl (C=O) groups is 1. The fraction of sp³-hybridized carbons (Fsp3) is 0.562. The zero-order chi connectivity index (χ0) is 14.4. The van der Waals surface area contributed by atoms with Gasteiger partial charge < -0.3 is 10.1 Å². The van der Waals surface area contributed by atoms with Gasteiger partial charge in [0.25, 0.3) is 5.91 Å². The zero-order valence-corrected chi connectivity index (χ0v) is 12.7. The van der Waals surface area contributed by atoms with E-state index in [4.69, 9.17) is 16.3 Å². The fourth-order valence-electron chi connectivity index (χ4n) is 2.59. The molecule has 0 spiro atoms. The number of benzene rings is 1. The molecule has 1 aromatic carbocycles. The molecule has 2 unspecified atom stereocenters. The summed E-state index contributed by atoms with van der Waals surface area (Å²) < 4.78 is 5.36. The van der Waals surface area contributed by atoms with Crippen molar-refractivity contribution >= 4 is 17.5 Å². The first kappa shape index (κ1) is 15.2. The molecule has 2 atom stereocenters. The maximum atomic E-state index is 12.1. The first-order valence-electron chi connectivity index (χ1n) is 7.36. The molecule has 110 valence electrons. The Bertz CT molecular complexity index is 433. The van der Waals surface area contributed by atoms with E-state index < -0.39 is 0 Å². The highest BCUT2D eigenvalue weighted by atomic mass is 35.5. The van der Waals surface area contributed by atoms with E-state index in [1.54, 1.807) is 12.1 Å². The van der Waals surface area contributed by atoms with E-state index in [2.05, 4.69) is 5.32 Å². The molecular weight excluding hydrogens is 274 g/mol. The lowest BCUT2D eigenvalue weighted by Gasteiger charge is -2.27. The van der Waals surface area contributed by atoms with Crippen LogP contribution in [-0.2, 0) is 0 Å². The molecule has 1 aliphatic carbocycles. The average molecular weight is 296 g/mol. The third-order valence-corrected chi connectivity index (χ3v) is 4.34. The zero-order valence-electron chi connectivity index (χ0n) is 11.9. The minimum absolute atomic E-state index is 0.0394. The van der Waals surface area contributed by atoms with Crippen LogP contribution >= 0.6 is 11.6 Å². The van der Waals surface area contributed by atoms with Gasteiger partial charge in [-0.25, -0.2) is 0 Å². The van der Waals surface area contributed by atoms with Gasteiger partial charge in [0.05, 0.1) is 6.61 Å². The summed E-state index contributed by atoms with van der Waals surface area (Å²) in [4.78, 5) is 12.1. The second-order valence-corrected chi connectivity index (χ2v) is 5.79. The molecule has 0 heterocycles. The number of carbonyl (C=O) groups excluding carboxylic acids is 1. The molecule has 2 rings (SSSR count). The second-order valence-electron chi connectivity index (χ2n) is 5.23. The molecule has 20 heavy (non-hydrogen) atoms. The first-order valence-corrected chi connectivity index (χ1v) is 7.79. The summed E-state index contributed by atoms with van der Waals surface area (Å²) in [6.07, 6.45) is 4.59. The van der Waals surface area contributed by atoms with Crippen molar-refractivity contribution in [2.24, 2.45) is 5.92 Å². The molecule has 0 aliphatic heterocycles. The van der Waals surface area contributed by atoms with Gasteiger partial charge in [-0.1, -0.05) is 12.8 Å². The van der Waals surface area contributed by atoms with Crippen molar-refractivity contribution in [1.82, 2.24) is 5.32 Å². The van der Waals surface area contributed by atoms with E-state index in [1.165, 1.54) is 12.8 Å². The van der Waals surface area contributed by atoms with Crippen LogP contribution in [0.15, 0.2) is 24.3 Å². The molecule has 0 aromatic heterocycles. The highest BCUT2D eigenvalue weighted by molar-refractivity contribution is 6.20. The lowest BCUT2D eigenvalue weighted by molar-refractivity contribution is 0.0944. The van der Waals surface area contributed by atoms with Crippen LogP contribution in [0.4, 0.5) is 0 Å². The van der Waals surface area contributed by atoms with E-state index in [1.807, 2.05) is 19.1 Å². The predicted octanol–water partition coefficient (Wildman–Crippen LogP) is 3.61. The van der Waals surface area contributed by atoms with Gasteiger partial charge in [0.1, 0.15) is 5.75 Å². The van der Waals surface area contributed by atoms with Crippen molar-refractivity contribution in [2.75, 3.05) is 13.2 Å². The minimum Gasteiger partial charge on any atom is -0.494 e. The van der Waals surface area contributed by atoms with Gasteiger partial charge in [0, 0.05) is 17.5 Å². The molecule has 1 fully saturated rings. The summed E-state index contributed by atoms with van der Waals surface area (Å²) in [7, 11) is 0. The van der Waals surface area contributed by atoms with Crippen molar-refractivity contribution in [3.8, 4) is 5.75 Å². The van der Waals surface area contributed by atoms with E-state index in [-0.39, 0.29) is 11.3 Å². The van der Waals surface area contributed by atoms with Crippen molar-refractivity contribution < 1.29 is 9.53 Å². The molecule has 1 N–H and O–H groups in total. The molecule has 0 radical (unpaired) electrons. The van der Waals surface area contributed by atoms with Crippen LogP contribution in [0.5, 0.6) is 5.75 Å². The van der Waals surface area contributed by atoms with Crippen LogP contribution in [0.1, 0.15) is 43.0 Å². The topological polar surface area (TPSA) is 38.3 Å². The van der Waals surface area contributed by atoms with E-state index >= 15 is 0 Å². The Morgan fingerprint density at radius 3 is 2.65 bits per heavy atom.